The van der Waals surface area contributed by atoms with Gasteiger partial charge in [-0.2, -0.15) is 10.2 Å². The molecule has 2 aliphatic carbocycles. The first-order valence-electron chi connectivity index (χ1n) is 6.07. The van der Waals surface area contributed by atoms with Crippen LogP contribution in [0.2, 0.25) is 5.54 Å². The Morgan fingerprint density at radius 1 is 1.27 bits per heavy atom. The fourth-order valence-electron chi connectivity index (χ4n) is 3.34. The molecule has 2 aliphatic rings. The highest BCUT2D eigenvalue weighted by Gasteiger charge is 2.45. The van der Waals surface area contributed by atoms with E-state index in [2.05, 4.69) is 17.1 Å². The molecule has 1 aromatic rings. The molecule has 2 nitrogen and oxygen atoms in total. The zero-order valence-electron chi connectivity index (χ0n) is 9.53. The Labute approximate surface area is 93.9 Å². The number of fused-ring (bicyclic) bond motifs is 2. The molecule has 80 valence electrons. The third-order valence-corrected chi connectivity index (χ3v) is 6.19. The van der Waals surface area contributed by atoms with Crippen LogP contribution in [0.25, 0.3) is 0 Å². The second kappa shape index (κ2) is 3.41. The van der Waals surface area contributed by atoms with Crippen molar-refractivity contribution in [2.45, 2.75) is 38.1 Å². The van der Waals surface area contributed by atoms with Crippen molar-refractivity contribution in [1.29, 1.82) is 0 Å². The molecule has 3 rings (SSSR count). The Balaban J connectivity index is 1.91. The Kier molecular flexibility index (Phi) is 2.16. The maximum atomic E-state index is 4.18. The van der Waals surface area contributed by atoms with E-state index in [0.717, 1.165) is 23.1 Å². The number of aryl methyl sites for hydroxylation is 2. The van der Waals surface area contributed by atoms with Crippen LogP contribution in [0.5, 0.6) is 0 Å². The maximum absolute atomic E-state index is 4.18. The van der Waals surface area contributed by atoms with Crippen LogP contribution in [0.1, 0.15) is 29.7 Å². The van der Waals surface area contributed by atoms with Gasteiger partial charge in [0.1, 0.15) is 0 Å². The summed E-state index contributed by atoms with van der Waals surface area (Å²) in [5.74, 6) is 2.13. The molecule has 15 heavy (non-hydrogen) atoms. The molecule has 1 aromatic heterocycles. The molecular weight excluding hydrogens is 200 g/mol. The summed E-state index contributed by atoms with van der Waals surface area (Å²) in [6.07, 6.45) is 7.28. The van der Waals surface area contributed by atoms with Crippen molar-refractivity contribution in [1.82, 2.24) is 10.2 Å². The monoisotopic (exact) mass is 218 g/mol. The summed E-state index contributed by atoms with van der Waals surface area (Å²) >= 11 is 0. The van der Waals surface area contributed by atoms with Crippen molar-refractivity contribution in [3.63, 3.8) is 0 Å². The fourth-order valence-corrected chi connectivity index (χ4v) is 4.77. The van der Waals surface area contributed by atoms with Crippen molar-refractivity contribution in [2.75, 3.05) is 0 Å². The van der Waals surface area contributed by atoms with Gasteiger partial charge < -0.3 is 0 Å². The van der Waals surface area contributed by atoms with Crippen LogP contribution in [0.4, 0.5) is 0 Å². The summed E-state index contributed by atoms with van der Waals surface area (Å²) in [5.41, 5.74) is 5.25. The van der Waals surface area contributed by atoms with Crippen LogP contribution in [0, 0.1) is 18.8 Å². The highest BCUT2D eigenvalue weighted by molar-refractivity contribution is 6.14. The summed E-state index contributed by atoms with van der Waals surface area (Å²) in [6, 6.07) is 0. The van der Waals surface area contributed by atoms with Gasteiger partial charge in [-0.15, -0.1) is 0 Å². The molecule has 1 saturated carbocycles. The van der Waals surface area contributed by atoms with Crippen LogP contribution in [0.3, 0.4) is 0 Å². The minimum atomic E-state index is 1.07. The normalized spacial score (nSPS) is 33.8. The minimum absolute atomic E-state index is 1.07. The average Bonchev–Trinajstić information content (AvgIpc) is 2.78. The molecule has 0 saturated heterocycles. The van der Waals surface area contributed by atoms with Gasteiger partial charge in [0.25, 0.3) is 0 Å². The topological polar surface area (TPSA) is 25.8 Å². The van der Waals surface area contributed by atoms with Gasteiger partial charge in [0.15, 0.2) is 0 Å². The summed E-state index contributed by atoms with van der Waals surface area (Å²) in [5, 5.41) is 8.27. The van der Waals surface area contributed by atoms with Crippen LogP contribution in [-0.2, 0) is 12.8 Å². The summed E-state index contributed by atoms with van der Waals surface area (Å²) in [6.45, 7) is 2.11. The second-order valence-corrected chi connectivity index (χ2v) is 6.53. The Morgan fingerprint density at radius 3 is 2.80 bits per heavy atom. The first-order valence-corrected chi connectivity index (χ1v) is 7.23. The van der Waals surface area contributed by atoms with E-state index in [1.54, 1.807) is 0 Å². The minimum Gasteiger partial charge on any atom is -0.159 e. The SMILES string of the molecule is Cc1nncc2c1CCC1C([SiH3])C1CC2. The van der Waals surface area contributed by atoms with Gasteiger partial charge in [-0.25, -0.2) is 0 Å². The van der Waals surface area contributed by atoms with Gasteiger partial charge in [-0.3, -0.25) is 0 Å². The van der Waals surface area contributed by atoms with E-state index in [0.29, 0.717) is 0 Å². The molecule has 3 heteroatoms. The van der Waals surface area contributed by atoms with E-state index in [1.165, 1.54) is 47.1 Å². The third-order valence-electron chi connectivity index (χ3n) is 4.48. The van der Waals surface area contributed by atoms with Crippen LogP contribution < -0.4 is 0 Å². The van der Waals surface area contributed by atoms with Crippen molar-refractivity contribution in [3.8, 4) is 0 Å². The molecule has 3 atom stereocenters. The lowest BCUT2D eigenvalue weighted by Gasteiger charge is -2.13. The molecule has 0 aliphatic heterocycles. The molecule has 1 heterocycles. The molecule has 1 fully saturated rings. The standard InChI is InChI=1S/C12H18N2Si/c1-7-9-4-5-11-10(12(11)15)3-2-8(9)6-13-14-7/h6,10-12H,2-5H2,1,15H3. The first kappa shape index (κ1) is 9.52. The third kappa shape index (κ3) is 1.53. The fraction of sp³-hybridized carbons (Fsp3) is 0.667. The van der Waals surface area contributed by atoms with Crippen molar-refractivity contribution in [3.05, 3.63) is 23.0 Å². The molecule has 0 N–H and O–H groups in total. The summed E-state index contributed by atoms with van der Waals surface area (Å²) < 4.78 is 0. The first-order chi connectivity index (χ1) is 7.27. The molecule has 0 aromatic carbocycles. The van der Waals surface area contributed by atoms with Crippen molar-refractivity contribution in [2.24, 2.45) is 11.8 Å². The molecule has 0 amide bonds. The molecule has 3 unspecified atom stereocenters. The highest BCUT2D eigenvalue weighted by Crippen LogP contribution is 2.55. The Bertz CT molecular complexity index is 391. The van der Waals surface area contributed by atoms with Crippen LogP contribution in [0.15, 0.2) is 6.20 Å². The summed E-state index contributed by atoms with van der Waals surface area (Å²) in [7, 11) is 1.40. The van der Waals surface area contributed by atoms with E-state index in [-0.39, 0.29) is 0 Å². The predicted octanol–water partition coefficient (Wildman–Crippen LogP) is 1.06. The zero-order valence-corrected chi connectivity index (χ0v) is 11.5. The van der Waals surface area contributed by atoms with Gasteiger partial charge >= 0.3 is 0 Å². The average molecular weight is 218 g/mol. The number of nitrogens with zero attached hydrogens (tertiary/aromatic N) is 2. The van der Waals surface area contributed by atoms with Gasteiger partial charge in [0.2, 0.25) is 0 Å². The molecule has 0 radical (unpaired) electrons. The number of aromatic nitrogens is 2. The lowest BCUT2D eigenvalue weighted by atomic mass is 9.94. The van der Waals surface area contributed by atoms with Crippen LogP contribution >= 0.6 is 0 Å². The molecular formula is C12H18N2Si. The number of hydrogen-bond acceptors (Lipinski definition) is 2. The molecule has 0 spiro atoms. The van der Waals surface area contributed by atoms with E-state index < -0.39 is 0 Å². The van der Waals surface area contributed by atoms with Gasteiger partial charge in [-0.1, -0.05) is 0 Å². The van der Waals surface area contributed by atoms with Crippen molar-refractivity contribution < 1.29 is 0 Å². The zero-order chi connectivity index (χ0) is 10.4. The maximum Gasteiger partial charge on any atom is 0.0634 e. The summed E-state index contributed by atoms with van der Waals surface area (Å²) in [4.78, 5) is 0. The Morgan fingerprint density at radius 2 is 2.00 bits per heavy atom. The quantitative estimate of drug-likeness (QED) is 0.609. The van der Waals surface area contributed by atoms with E-state index in [9.17, 15) is 0 Å². The lowest BCUT2D eigenvalue weighted by Crippen LogP contribution is -2.06. The van der Waals surface area contributed by atoms with E-state index in [1.807, 2.05) is 6.20 Å². The van der Waals surface area contributed by atoms with Gasteiger partial charge in [0, 0.05) is 10.2 Å². The number of hydrogen-bond donors (Lipinski definition) is 0. The van der Waals surface area contributed by atoms with Crippen LogP contribution in [-0.4, -0.2) is 20.4 Å². The smallest absolute Gasteiger partial charge is 0.0634 e. The van der Waals surface area contributed by atoms with Crippen molar-refractivity contribution >= 4 is 10.2 Å². The Hall–Kier alpha value is -0.703. The molecule has 0 bridgehead atoms. The largest absolute Gasteiger partial charge is 0.159 e. The van der Waals surface area contributed by atoms with Gasteiger partial charge in [-0.05, 0) is 61.1 Å². The van der Waals surface area contributed by atoms with E-state index in [4.69, 9.17) is 0 Å². The predicted molar refractivity (Wildman–Crippen MR) is 64.1 cm³/mol. The van der Waals surface area contributed by atoms with E-state index >= 15 is 0 Å². The number of rotatable bonds is 0. The lowest BCUT2D eigenvalue weighted by molar-refractivity contribution is 0.581. The van der Waals surface area contributed by atoms with Gasteiger partial charge in [0.05, 0.1) is 11.9 Å². The second-order valence-electron chi connectivity index (χ2n) is 5.20. The highest BCUT2D eigenvalue weighted by atomic mass is 28.1.